The summed E-state index contributed by atoms with van der Waals surface area (Å²) in [5.74, 6) is 0.406. The maximum absolute atomic E-state index is 11.1. The van der Waals surface area contributed by atoms with E-state index in [4.69, 9.17) is 21.4 Å². The van der Waals surface area contributed by atoms with E-state index in [0.717, 1.165) is 27.5 Å². The van der Waals surface area contributed by atoms with Crippen LogP contribution in [0.3, 0.4) is 0 Å². The number of hydrogen-bond donors (Lipinski definition) is 2. The fourth-order valence-electron chi connectivity index (χ4n) is 3.43. The number of aliphatic hydroxyl groups excluding tert-OH is 1. The predicted molar refractivity (Wildman–Crippen MR) is 116 cm³/mol. The largest absolute Gasteiger partial charge is 0.492 e. The number of H-pyrrole nitrogens is 1. The molecule has 4 nitrogen and oxygen atoms in total. The Morgan fingerprint density at radius 3 is 2.93 bits per heavy atom. The summed E-state index contributed by atoms with van der Waals surface area (Å²) < 4.78 is 6.82. The predicted octanol–water partition coefficient (Wildman–Crippen LogP) is 5.40. The number of carbonyl (C=O) groups is 1. The van der Waals surface area contributed by atoms with Gasteiger partial charge in [-0.2, -0.15) is 0 Å². The van der Waals surface area contributed by atoms with Crippen molar-refractivity contribution in [1.82, 2.24) is 4.98 Å². The Kier molecular flexibility index (Phi) is 5.58. The molecule has 4 rings (SSSR count). The van der Waals surface area contributed by atoms with Gasteiger partial charge in [0.15, 0.2) is 5.78 Å². The normalized spacial score (nSPS) is 12.9. The number of aliphatic hydroxyl groups is 1. The highest BCUT2D eigenvalue weighted by Crippen LogP contribution is 2.36. The number of allylic oxidation sites excluding steroid dienone is 1. The lowest BCUT2D eigenvalue weighted by atomic mass is 10.1. The Hall–Kier alpha value is -2.08. The fraction of sp³-hybridized carbons (Fsp3) is 0.227. The minimum atomic E-state index is -0.422. The molecule has 0 saturated carbocycles. The molecule has 28 heavy (non-hydrogen) atoms. The molecule has 1 heterocycles. The highest BCUT2D eigenvalue weighted by atomic mass is 79.9. The molecule has 0 saturated heterocycles. The minimum absolute atomic E-state index is 0.183. The second-order valence-corrected chi connectivity index (χ2v) is 8.21. The van der Waals surface area contributed by atoms with E-state index >= 15 is 0 Å². The zero-order valence-electron chi connectivity index (χ0n) is 15.1. The first kappa shape index (κ1) is 19.2. The maximum atomic E-state index is 11.1. The molecule has 3 aromatic rings. The van der Waals surface area contributed by atoms with Crippen LogP contribution in [0, 0.1) is 0 Å². The van der Waals surface area contributed by atoms with Gasteiger partial charge in [0.25, 0.3) is 0 Å². The molecule has 0 amide bonds. The van der Waals surface area contributed by atoms with Gasteiger partial charge in [-0.15, -0.1) is 0 Å². The summed E-state index contributed by atoms with van der Waals surface area (Å²) in [6.45, 7) is -0.0471. The molecule has 2 N–H and O–H groups in total. The quantitative estimate of drug-likeness (QED) is 0.464. The van der Waals surface area contributed by atoms with E-state index in [9.17, 15) is 4.79 Å². The standard InChI is InChI=1S/C22H19BrClNO3/c23-17-4-3-13-6-15(7-14(13)8-17)20-10-16-9-19(24)22(11-21(16)25-20)28-5-1-2-18(27)12-26/h3-4,6,8-11,25-26H,1-2,5,7,12H2. The van der Waals surface area contributed by atoms with Gasteiger partial charge in [-0.3, -0.25) is 4.79 Å². The summed E-state index contributed by atoms with van der Waals surface area (Å²) in [6.07, 6.45) is 3.94. The molecule has 1 aliphatic rings. The van der Waals surface area contributed by atoms with Crippen molar-refractivity contribution in [2.45, 2.75) is 19.3 Å². The van der Waals surface area contributed by atoms with E-state index in [0.29, 0.717) is 30.2 Å². The van der Waals surface area contributed by atoms with Gasteiger partial charge in [0, 0.05) is 40.0 Å². The van der Waals surface area contributed by atoms with Crippen LogP contribution in [0.1, 0.15) is 29.7 Å². The monoisotopic (exact) mass is 459 g/mol. The Morgan fingerprint density at radius 2 is 2.11 bits per heavy atom. The topological polar surface area (TPSA) is 62.3 Å². The molecule has 0 fully saturated rings. The number of Topliss-reactive ketones (excluding diaryl/α,β-unsaturated/α-hetero) is 1. The molecule has 6 heteroatoms. The first-order chi connectivity index (χ1) is 13.5. The van der Waals surface area contributed by atoms with Crippen molar-refractivity contribution in [3.63, 3.8) is 0 Å². The molecule has 0 aliphatic heterocycles. The second-order valence-electron chi connectivity index (χ2n) is 6.89. The van der Waals surface area contributed by atoms with Gasteiger partial charge < -0.3 is 14.8 Å². The lowest BCUT2D eigenvalue weighted by molar-refractivity contribution is -0.121. The number of benzene rings is 2. The van der Waals surface area contributed by atoms with Crippen LogP contribution in [0.2, 0.25) is 5.02 Å². The van der Waals surface area contributed by atoms with Crippen LogP contribution in [-0.4, -0.2) is 29.1 Å². The van der Waals surface area contributed by atoms with Gasteiger partial charge >= 0.3 is 0 Å². The summed E-state index contributed by atoms with van der Waals surface area (Å²) in [4.78, 5) is 14.6. The molecule has 0 spiro atoms. The van der Waals surface area contributed by atoms with Gasteiger partial charge in [-0.05, 0) is 53.5 Å². The number of fused-ring (bicyclic) bond motifs is 2. The lowest BCUT2D eigenvalue weighted by Gasteiger charge is -2.07. The van der Waals surface area contributed by atoms with Crippen LogP contribution < -0.4 is 4.74 Å². The van der Waals surface area contributed by atoms with Crippen LogP contribution in [0.4, 0.5) is 0 Å². The van der Waals surface area contributed by atoms with Crippen molar-refractivity contribution < 1.29 is 14.6 Å². The fourth-order valence-corrected chi connectivity index (χ4v) is 4.07. The zero-order valence-corrected chi connectivity index (χ0v) is 17.4. The van der Waals surface area contributed by atoms with Gasteiger partial charge in [0.05, 0.1) is 11.6 Å². The average Bonchev–Trinajstić information content (AvgIpc) is 3.27. The molecule has 1 aliphatic carbocycles. The Bertz CT molecular complexity index is 1090. The number of aromatic nitrogens is 1. The average molecular weight is 461 g/mol. The molecule has 2 aromatic carbocycles. The van der Waals surface area contributed by atoms with Crippen molar-refractivity contribution in [3.8, 4) is 5.75 Å². The van der Waals surface area contributed by atoms with Gasteiger partial charge in [-0.1, -0.05) is 33.6 Å². The van der Waals surface area contributed by atoms with Crippen molar-refractivity contribution in [1.29, 1.82) is 0 Å². The Morgan fingerprint density at radius 1 is 1.25 bits per heavy atom. The first-order valence-electron chi connectivity index (χ1n) is 9.10. The number of ether oxygens (including phenoxy) is 1. The summed E-state index contributed by atoms with van der Waals surface area (Å²) in [5, 5.41) is 10.3. The lowest BCUT2D eigenvalue weighted by Crippen LogP contribution is -2.06. The van der Waals surface area contributed by atoms with E-state index < -0.39 is 6.61 Å². The number of hydrogen-bond acceptors (Lipinski definition) is 3. The third-order valence-corrected chi connectivity index (χ3v) is 5.66. The third-order valence-electron chi connectivity index (χ3n) is 4.87. The van der Waals surface area contributed by atoms with Gasteiger partial charge in [0.2, 0.25) is 0 Å². The number of halogens is 2. The van der Waals surface area contributed by atoms with E-state index in [2.05, 4.69) is 51.3 Å². The number of carbonyl (C=O) groups excluding carboxylic acids is 1. The minimum Gasteiger partial charge on any atom is -0.492 e. The summed E-state index contributed by atoms with van der Waals surface area (Å²) in [5.41, 5.74) is 5.83. The van der Waals surface area contributed by atoms with Crippen LogP contribution in [-0.2, 0) is 11.2 Å². The van der Waals surface area contributed by atoms with Crippen LogP contribution >= 0.6 is 27.5 Å². The van der Waals surface area contributed by atoms with Crippen LogP contribution in [0.25, 0.3) is 22.6 Å². The zero-order chi connectivity index (χ0) is 19.7. The van der Waals surface area contributed by atoms with Crippen LogP contribution in [0.15, 0.2) is 40.9 Å². The van der Waals surface area contributed by atoms with Crippen LogP contribution in [0.5, 0.6) is 5.75 Å². The Labute approximate surface area is 176 Å². The molecule has 0 bridgehead atoms. The molecule has 144 valence electrons. The van der Waals surface area contributed by atoms with Crippen molar-refractivity contribution in [2.75, 3.05) is 13.2 Å². The number of aromatic amines is 1. The highest BCUT2D eigenvalue weighted by molar-refractivity contribution is 9.10. The number of ketones is 1. The smallest absolute Gasteiger partial charge is 0.158 e. The van der Waals surface area contributed by atoms with E-state index in [-0.39, 0.29) is 5.78 Å². The summed E-state index contributed by atoms with van der Waals surface area (Å²) in [7, 11) is 0. The molecule has 0 radical (unpaired) electrons. The molecular weight excluding hydrogens is 442 g/mol. The van der Waals surface area contributed by atoms with Crippen molar-refractivity contribution >= 4 is 55.9 Å². The third kappa shape index (κ3) is 4.02. The van der Waals surface area contributed by atoms with E-state index in [1.165, 1.54) is 16.7 Å². The van der Waals surface area contributed by atoms with Crippen molar-refractivity contribution in [2.24, 2.45) is 0 Å². The molecular formula is C22H19BrClNO3. The van der Waals surface area contributed by atoms with Gasteiger partial charge in [0.1, 0.15) is 12.4 Å². The Balaban J connectivity index is 1.51. The highest BCUT2D eigenvalue weighted by Gasteiger charge is 2.17. The summed E-state index contributed by atoms with van der Waals surface area (Å²) in [6, 6.07) is 12.2. The first-order valence-corrected chi connectivity index (χ1v) is 10.3. The number of rotatable bonds is 7. The molecule has 0 atom stereocenters. The maximum Gasteiger partial charge on any atom is 0.158 e. The molecule has 1 aromatic heterocycles. The van der Waals surface area contributed by atoms with Gasteiger partial charge in [-0.25, -0.2) is 0 Å². The SMILES string of the molecule is O=C(CO)CCCOc1cc2[nH]c(C3=Cc4ccc(Br)cc4C3)cc2cc1Cl. The second kappa shape index (κ2) is 8.11. The molecule has 0 unspecified atom stereocenters. The van der Waals surface area contributed by atoms with Crippen molar-refractivity contribution in [3.05, 3.63) is 62.7 Å². The van der Waals surface area contributed by atoms with E-state index in [1.807, 2.05) is 12.1 Å². The summed E-state index contributed by atoms with van der Waals surface area (Å²) >= 11 is 9.90. The number of nitrogens with one attached hydrogen (secondary N) is 1. The van der Waals surface area contributed by atoms with E-state index in [1.54, 1.807) is 0 Å².